The molecule has 4 nitrogen and oxygen atoms in total. The average molecular weight is 251 g/mol. The zero-order valence-electron chi connectivity index (χ0n) is 9.56. The third kappa shape index (κ3) is 1.99. The van der Waals surface area contributed by atoms with Crippen molar-refractivity contribution in [1.29, 1.82) is 0 Å². The van der Waals surface area contributed by atoms with Gasteiger partial charge in [-0.1, -0.05) is 0 Å². The smallest absolute Gasteiger partial charge is 0.325 e. The van der Waals surface area contributed by atoms with Crippen LogP contribution in [-0.2, 0) is 4.79 Å². The van der Waals surface area contributed by atoms with Crippen LogP contribution in [0.15, 0.2) is 18.2 Å². The highest BCUT2D eigenvalue weighted by molar-refractivity contribution is 7.19. The number of methoxy groups -OCH3 is 1. The van der Waals surface area contributed by atoms with Crippen molar-refractivity contribution in [3.63, 3.8) is 0 Å². The Kier molecular flexibility index (Phi) is 3.04. The number of thiophene rings is 1. The zero-order valence-corrected chi connectivity index (χ0v) is 10.4. The molecular formula is C12H13NO3S. The molecule has 0 saturated heterocycles. The van der Waals surface area contributed by atoms with Gasteiger partial charge >= 0.3 is 5.97 Å². The number of aliphatic carboxylic acids is 1. The van der Waals surface area contributed by atoms with Gasteiger partial charge < -0.3 is 15.6 Å². The fourth-order valence-electron chi connectivity index (χ4n) is 1.86. The summed E-state index contributed by atoms with van der Waals surface area (Å²) in [6.07, 6.45) is 0. The van der Waals surface area contributed by atoms with Crippen LogP contribution in [0.5, 0.6) is 5.75 Å². The molecule has 90 valence electrons. The highest BCUT2D eigenvalue weighted by Crippen LogP contribution is 2.36. The Morgan fingerprint density at radius 3 is 2.82 bits per heavy atom. The number of carbonyl (C=O) groups is 1. The third-order valence-corrected chi connectivity index (χ3v) is 3.80. The lowest BCUT2D eigenvalue weighted by Gasteiger charge is -2.07. The van der Waals surface area contributed by atoms with E-state index >= 15 is 0 Å². The first-order chi connectivity index (χ1) is 8.04. The van der Waals surface area contributed by atoms with E-state index in [1.165, 1.54) is 0 Å². The van der Waals surface area contributed by atoms with Gasteiger partial charge in [0.15, 0.2) is 0 Å². The standard InChI is InChI=1S/C12H13NO3S/c1-6-10(11(13)12(14)15)8-5-7(16-2)3-4-9(8)17-6/h3-5,11H,13H2,1-2H3,(H,14,15). The highest BCUT2D eigenvalue weighted by atomic mass is 32.1. The minimum absolute atomic E-state index is 0.677. The van der Waals surface area contributed by atoms with Gasteiger partial charge in [-0.25, -0.2) is 0 Å². The van der Waals surface area contributed by atoms with Crippen LogP contribution >= 0.6 is 11.3 Å². The topological polar surface area (TPSA) is 72.5 Å². The first-order valence-electron chi connectivity index (χ1n) is 5.10. The molecule has 0 aliphatic carbocycles. The Balaban J connectivity index is 2.68. The Morgan fingerprint density at radius 2 is 2.24 bits per heavy atom. The van der Waals surface area contributed by atoms with E-state index < -0.39 is 12.0 Å². The van der Waals surface area contributed by atoms with Crippen molar-refractivity contribution in [2.45, 2.75) is 13.0 Å². The number of nitrogens with two attached hydrogens (primary N) is 1. The van der Waals surface area contributed by atoms with Crippen molar-refractivity contribution in [2.24, 2.45) is 5.73 Å². The van der Waals surface area contributed by atoms with Gasteiger partial charge in [0.25, 0.3) is 0 Å². The SMILES string of the molecule is COc1ccc2sc(C)c(C(N)C(=O)O)c2c1. The number of rotatable bonds is 3. The summed E-state index contributed by atoms with van der Waals surface area (Å²) in [6.45, 7) is 1.88. The van der Waals surface area contributed by atoms with E-state index in [1.807, 2.05) is 25.1 Å². The quantitative estimate of drug-likeness (QED) is 0.878. The summed E-state index contributed by atoms with van der Waals surface area (Å²) in [5.74, 6) is -0.315. The lowest BCUT2D eigenvalue weighted by molar-refractivity contribution is -0.138. The maximum Gasteiger partial charge on any atom is 0.325 e. The van der Waals surface area contributed by atoms with Gasteiger partial charge in [-0.05, 0) is 25.1 Å². The second kappa shape index (κ2) is 4.35. The average Bonchev–Trinajstić information content (AvgIpc) is 2.62. The number of benzene rings is 1. The minimum Gasteiger partial charge on any atom is -0.497 e. The third-order valence-electron chi connectivity index (χ3n) is 2.70. The maximum absolute atomic E-state index is 11.0. The molecule has 0 amide bonds. The monoisotopic (exact) mass is 251 g/mol. The van der Waals surface area contributed by atoms with E-state index in [1.54, 1.807) is 18.4 Å². The van der Waals surface area contributed by atoms with Crippen molar-refractivity contribution in [3.05, 3.63) is 28.6 Å². The predicted octanol–water partition coefficient (Wildman–Crippen LogP) is 2.30. The van der Waals surface area contributed by atoms with Crippen LogP contribution in [0.25, 0.3) is 10.1 Å². The molecule has 0 bridgehead atoms. The summed E-state index contributed by atoms with van der Waals surface area (Å²) < 4.78 is 6.17. The number of hydrogen-bond donors (Lipinski definition) is 2. The van der Waals surface area contributed by atoms with Crippen molar-refractivity contribution >= 4 is 27.4 Å². The molecule has 0 spiro atoms. The van der Waals surface area contributed by atoms with E-state index in [4.69, 9.17) is 15.6 Å². The predicted molar refractivity (Wildman–Crippen MR) is 67.7 cm³/mol. The van der Waals surface area contributed by atoms with E-state index in [2.05, 4.69) is 0 Å². The molecule has 0 aliphatic heterocycles. The molecule has 2 aromatic rings. The van der Waals surface area contributed by atoms with Crippen LogP contribution < -0.4 is 10.5 Å². The molecule has 5 heteroatoms. The summed E-state index contributed by atoms with van der Waals surface area (Å²) in [5.41, 5.74) is 6.38. The number of carboxylic acids is 1. The molecule has 3 N–H and O–H groups in total. The number of ether oxygens (including phenoxy) is 1. The Hall–Kier alpha value is -1.59. The van der Waals surface area contributed by atoms with Gasteiger partial charge in [0.2, 0.25) is 0 Å². The van der Waals surface area contributed by atoms with Crippen LogP contribution in [0, 0.1) is 6.92 Å². The van der Waals surface area contributed by atoms with Crippen LogP contribution in [0.1, 0.15) is 16.5 Å². The van der Waals surface area contributed by atoms with Crippen LogP contribution in [0.2, 0.25) is 0 Å². The molecular weight excluding hydrogens is 238 g/mol. The van der Waals surface area contributed by atoms with Crippen molar-refractivity contribution in [2.75, 3.05) is 7.11 Å². The van der Waals surface area contributed by atoms with Crippen molar-refractivity contribution < 1.29 is 14.6 Å². The lowest BCUT2D eigenvalue weighted by Crippen LogP contribution is -2.20. The number of hydrogen-bond acceptors (Lipinski definition) is 4. The molecule has 0 saturated carbocycles. The van der Waals surface area contributed by atoms with Crippen LogP contribution in [0.3, 0.4) is 0 Å². The first kappa shape index (κ1) is 11.9. The normalized spacial score (nSPS) is 12.6. The van der Waals surface area contributed by atoms with Gasteiger partial charge in [0, 0.05) is 20.5 Å². The Labute approximate surface area is 103 Å². The summed E-state index contributed by atoms with van der Waals surface area (Å²) in [5, 5.41) is 9.88. The zero-order chi connectivity index (χ0) is 12.6. The molecule has 0 fully saturated rings. The molecule has 0 aliphatic rings. The van der Waals surface area contributed by atoms with Gasteiger partial charge in [-0.3, -0.25) is 4.79 Å². The number of aryl methyl sites for hydroxylation is 1. The molecule has 2 rings (SSSR count). The van der Waals surface area contributed by atoms with Gasteiger partial charge in [0.1, 0.15) is 11.8 Å². The van der Waals surface area contributed by atoms with Crippen molar-refractivity contribution in [3.8, 4) is 5.75 Å². The molecule has 1 unspecified atom stereocenters. The fraction of sp³-hybridized carbons (Fsp3) is 0.250. The second-order valence-electron chi connectivity index (χ2n) is 3.75. The van der Waals surface area contributed by atoms with E-state index in [0.29, 0.717) is 11.3 Å². The van der Waals surface area contributed by atoms with Crippen molar-refractivity contribution in [1.82, 2.24) is 0 Å². The number of carboxylic acid groups (broad SMARTS) is 1. The molecule has 1 aromatic heterocycles. The van der Waals surface area contributed by atoms with E-state index in [9.17, 15) is 4.79 Å². The summed E-state index contributed by atoms with van der Waals surface area (Å²) in [6, 6.07) is 4.62. The Morgan fingerprint density at radius 1 is 1.53 bits per heavy atom. The molecule has 1 atom stereocenters. The van der Waals surface area contributed by atoms with Crippen LogP contribution in [-0.4, -0.2) is 18.2 Å². The molecule has 1 aromatic carbocycles. The van der Waals surface area contributed by atoms with E-state index in [0.717, 1.165) is 15.0 Å². The Bertz CT molecular complexity index is 576. The fourth-order valence-corrected chi connectivity index (χ4v) is 2.95. The molecule has 0 radical (unpaired) electrons. The van der Waals surface area contributed by atoms with E-state index in [-0.39, 0.29) is 0 Å². The minimum atomic E-state index is -1.02. The number of fused-ring (bicyclic) bond motifs is 1. The second-order valence-corrected chi connectivity index (χ2v) is 5.01. The van der Waals surface area contributed by atoms with Gasteiger partial charge in [0.05, 0.1) is 7.11 Å². The van der Waals surface area contributed by atoms with Gasteiger partial charge in [-0.15, -0.1) is 11.3 Å². The first-order valence-corrected chi connectivity index (χ1v) is 5.91. The molecule has 1 heterocycles. The summed E-state index contributed by atoms with van der Waals surface area (Å²) in [4.78, 5) is 11.9. The highest BCUT2D eigenvalue weighted by Gasteiger charge is 2.21. The maximum atomic E-state index is 11.0. The lowest BCUT2D eigenvalue weighted by atomic mass is 10.0. The van der Waals surface area contributed by atoms with Crippen LogP contribution in [0.4, 0.5) is 0 Å². The summed E-state index contributed by atoms with van der Waals surface area (Å²) in [7, 11) is 1.58. The summed E-state index contributed by atoms with van der Waals surface area (Å²) >= 11 is 1.54. The van der Waals surface area contributed by atoms with Gasteiger partial charge in [-0.2, -0.15) is 0 Å². The molecule has 17 heavy (non-hydrogen) atoms. The largest absolute Gasteiger partial charge is 0.497 e.